The van der Waals surface area contributed by atoms with Crippen LogP contribution in [0.3, 0.4) is 0 Å². The van der Waals surface area contributed by atoms with Gasteiger partial charge in [-0.15, -0.1) is 11.3 Å². The summed E-state index contributed by atoms with van der Waals surface area (Å²) in [7, 11) is 1.56. The van der Waals surface area contributed by atoms with Gasteiger partial charge in [0.25, 0.3) is 5.91 Å². The molecule has 6 nitrogen and oxygen atoms in total. The maximum absolute atomic E-state index is 12.5. The number of benzene rings is 1. The molecular formula is C15H16N4O2S. The summed E-state index contributed by atoms with van der Waals surface area (Å²) in [6, 6.07) is 9.82. The summed E-state index contributed by atoms with van der Waals surface area (Å²) in [5.41, 5.74) is 1.44. The van der Waals surface area contributed by atoms with Crippen molar-refractivity contribution in [3.63, 3.8) is 0 Å². The van der Waals surface area contributed by atoms with Crippen molar-refractivity contribution in [3.8, 4) is 0 Å². The number of nitrogens with one attached hydrogen (secondary N) is 1. The lowest BCUT2D eigenvalue weighted by Gasteiger charge is -2.16. The van der Waals surface area contributed by atoms with E-state index in [9.17, 15) is 9.59 Å². The molecular weight excluding hydrogens is 300 g/mol. The molecule has 1 aliphatic heterocycles. The van der Waals surface area contributed by atoms with Crippen molar-refractivity contribution in [1.29, 1.82) is 0 Å². The minimum Gasteiger partial charge on any atom is -0.354 e. The average Bonchev–Trinajstić information content (AvgIpc) is 3.16. The third kappa shape index (κ3) is 2.80. The fourth-order valence-corrected chi connectivity index (χ4v) is 3.16. The molecule has 2 aromatic rings. The number of anilines is 1. The summed E-state index contributed by atoms with van der Waals surface area (Å²) in [5, 5.41) is 4.77. The van der Waals surface area contributed by atoms with E-state index < -0.39 is 0 Å². The molecule has 22 heavy (non-hydrogen) atoms. The second-order valence-corrected chi connectivity index (χ2v) is 5.77. The number of aromatic nitrogens is 1. The van der Waals surface area contributed by atoms with Crippen LogP contribution >= 0.6 is 11.3 Å². The number of hydrogen-bond donors (Lipinski definition) is 1. The Balaban J connectivity index is 1.71. The van der Waals surface area contributed by atoms with Gasteiger partial charge in [0.05, 0.1) is 0 Å². The highest BCUT2D eigenvalue weighted by Crippen LogP contribution is 2.25. The van der Waals surface area contributed by atoms with E-state index in [1.165, 1.54) is 11.3 Å². The normalized spacial score (nSPS) is 14.5. The molecule has 1 aromatic carbocycles. The third-order valence-electron chi connectivity index (χ3n) is 3.49. The fourth-order valence-electron chi connectivity index (χ4n) is 2.33. The Morgan fingerprint density at radius 1 is 1.32 bits per heavy atom. The van der Waals surface area contributed by atoms with Gasteiger partial charge in [0.15, 0.2) is 5.13 Å². The van der Waals surface area contributed by atoms with Gasteiger partial charge in [-0.25, -0.2) is 9.78 Å². The lowest BCUT2D eigenvalue weighted by molar-refractivity contribution is 0.0959. The van der Waals surface area contributed by atoms with E-state index in [1.807, 2.05) is 30.3 Å². The standard InChI is InChI=1S/C15H16N4O2S/c1-16-13(20)12-10-22-14(17-12)19-8-7-18(15(19)21)9-11-5-3-2-4-6-11/h2-6,10H,7-9H2,1H3,(H,16,20). The zero-order valence-electron chi connectivity index (χ0n) is 12.2. The summed E-state index contributed by atoms with van der Waals surface area (Å²) < 4.78 is 0. The van der Waals surface area contributed by atoms with E-state index >= 15 is 0 Å². The van der Waals surface area contributed by atoms with Crippen LogP contribution in [0.4, 0.5) is 9.93 Å². The molecule has 1 N–H and O–H groups in total. The van der Waals surface area contributed by atoms with Crippen molar-refractivity contribution < 1.29 is 9.59 Å². The Labute approximate surface area is 132 Å². The van der Waals surface area contributed by atoms with E-state index in [4.69, 9.17) is 0 Å². The molecule has 0 saturated carbocycles. The van der Waals surface area contributed by atoms with Crippen LogP contribution in [0.2, 0.25) is 0 Å². The summed E-state index contributed by atoms with van der Waals surface area (Å²) in [6.45, 7) is 1.83. The second kappa shape index (κ2) is 6.15. The first-order valence-corrected chi connectivity index (χ1v) is 7.85. The van der Waals surface area contributed by atoms with Crippen molar-refractivity contribution in [2.75, 3.05) is 25.0 Å². The number of carbonyl (C=O) groups is 2. The molecule has 0 radical (unpaired) electrons. The number of rotatable bonds is 4. The smallest absolute Gasteiger partial charge is 0.326 e. The van der Waals surface area contributed by atoms with Crippen LogP contribution in [0, 0.1) is 0 Å². The molecule has 0 unspecified atom stereocenters. The van der Waals surface area contributed by atoms with Gasteiger partial charge in [-0.1, -0.05) is 30.3 Å². The van der Waals surface area contributed by atoms with Crippen LogP contribution in [0.15, 0.2) is 35.7 Å². The summed E-state index contributed by atoms with van der Waals surface area (Å²) >= 11 is 1.31. The quantitative estimate of drug-likeness (QED) is 0.937. The van der Waals surface area contributed by atoms with Crippen molar-refractivity contribution in [3.05, 3.63) is 47.0 Å². The monoisotopic (exact) mass is 316 g/mol. The number of hydrogen-bond acceptors (Lipinski definition) is 4. The van der Waals surface area contributed by atoms with E-state index in [2.05, 4.69) is 10.3 Å². The molecule has 2 heterocycles. The molecule has 0 spiro atoms. The van der Waals surface area contributed by atoms with Crippen molar-refractivity contribution in [1.82, 2.24) is 15.2 Å². The zero-order valence-corrected chi connectivity index (χ0v) is 13.0. The predicted octanol–water partition coefficient (Wildman–Crippen LogP) is 1.94. The molecule has 114 valence electrons. The summed E-state index contributed by atoms with van der Waals surface area (Å²) in [4.78, 5) is 31.7. The molecule has 1 saturated heterocycles. The maximum Gasteiger partial charge on any atom is 0.326 e. The summed E-state index contributed by atoms with van der Waals surface area (Å²) in [6.07, 6.45) is 0. The van der Waals surface area contributed by atoms with Gasteiger partial charge in [0.2, 0.25) is 0 Å². The lowest BCUT2D eigenvalue weighted by atomic mass is 10.2. The molecule has 1 fully saturated rings. The molecule has 1 aromatic heterocycles. The second-order valence-electron chi connectivity index (χ2n) is 4.94. The first-order chi connectivity index (χ1) is 10.7. The first kappa shape index (κ1) is 14.5. The average molecular weight is 316 g/mol. The molecule has 3 rings (SSSR count). The van der Waals surface area contributed by atoms with E-state index in [0.29, 0.717) is 30.5 Å². The number of amides is 3. The highest BCUT2D eigenvalue weighted by atomic mass is 32.1. The van der Waals surface area contributed by atoms with Gasteiger partial charge in [-0.3, -0.25) is 9.69 Å². The highest BCUT2D eigenvalue weighted by molar-refractivity contribution is 7.14. The number of urea groups is 1. The Bertz CT molecular complexity index is 686. The maximum atomic E-state index is 12.5. The van der Waals surface area contributed by atoms with Gasteiger partial charge in [0.1, 0.15) is 5.69 Å². The largest absolute Gasteiger partial charge is 0.354 e. The Morgan fingerprint density at radius 3 is 2.82 bits per heavy atom. The first-order valence-electron chi connectivity index (χ1n) is 6.97. The molecule has 0 aliphatic carbocycles. The van der Waals surface area contributed by atoms with Crippen molar-refractivity contribution >= 4 is 28.4 Å². The Hall–Kier alpha value is -2.41. The summed E-state index contributed by atoms with van der Waals surface area (Å²) in [5.74, 6) is -0.240. The fraction of sp³-hybridized carbons (Fsp3) is 0.267. The third-order valence-corrected chi connectivity index (χ3v) is 4.36. The minimum atomic E-state index is -0.240. The SMILES string of the molecule is CNC(=O)c1csc(N2CCN(Cc3ccccc3)C2=O)n1. The van der Waals surface area contributed by atoms with Crippen molar-refractivity contribution in [2.24, 2.45) is 0 Å². The van der Waals surface area contributed by atoms with Crippen LogP contribution in [-0.2, 0) is 6.54 Å². The molecule has 7 heteroatoms. The van der Waals surface area contributed by atoms with Gasteiger partial charge in [-0.05, 0) is 5.56 Å². The predicted molar refractivity (Wildman–Crippen MR) is 85.1 cm³/mol. The van der Waals surface area contributed by atoms with Crippen LogP contribution in [-0.4, -0.2) is 42.0 Å². The zero-order chi connectivity index (χ0) is 15.5. The number of thiazole rings is 1. The minimum absolute atomic E-state index is 0.0679. The van der Waals surface area contributed by atoms with Gasteiger partial charge in [-0.2, -0.15) is 0 Å². The van der Waals surface area contributed by atoms with Crippen LogP contribution in [0.25, 0.3) is 0 Å². The van der Waals surface area contributed by atoms with E-state index in [1.54, 1.807) is 22.2 Å². The van der Waals surface area contributed by atoms with Gasteiger partial charge < -0.3 is 10.2 Å². The molecule has 3 amide bonds. The molecule has 0 bridgehead atoms. The van der Waals surface area contributed by atoms with Gasteiger partial charge >= 0.3 is 6.03 Å². The topological polar surface area (TPSA) is 65.5 Å². The van der Waals surface area contributed by atoms with Crippen LogP contribution in [0.5, 0.6) is 0 Å². The van der Waals surface area contributed by atoms with Crippen molar-refractivity contribution in [2.45, 2.75) is 6.54 Å². The number of nitrogens with zero attached hydrogens (tertiary/aromatic N) is 3. The van der Waals surface area contributed by atoms with E-state index in [-0.39, 0.29) is 11.9 Å². The Kier molecular flexibility index (Phi) is 4.06. The molecule has 1 aliphatic rings. The number of carbonyl (C=O) groups excluding carboxylic acids is 2. The van der Waals surface area contributed by atoms with Crippen LogP contribution in [0.1, 0.15) is 16.1 Å². The Morgan fingerprint density at radius 2 is 2.09 bits per heavy atom. The lowest BCUT2D eigenvalue weighted by Crippen LogP contribution is -2.31. The van der Waals surface area contributed by atoms with E-state index in [0.717, 1.165) is 5.56 Å². The van der Waals surface area contributed by atoms with Crippen LogP contribution < -0.4 is 10.2 Å². The molecule has 0 atom stereocenters. The highest BCUT2D eigenvalue weighted by Gasteiger charge is 2.31. The van der Waals surface area contributed by atoms with Gasteiger partial charge in [0, 0.05) is 32.1 Å².